The van der Waals surface area contributed by atoms with Gasteiger partial charge in [0.05, 0.1) is 18.4 Å². The van der Waals surface area contributed by atoms with Crippen LogP contribution in [0, 0.1) is 17.0 Å². The van der Waals surface area contributed by atoms with Gasteiger partial charge >= 0.3 is 5.97 Å². The van der Waals surface area contributed by atoms with Crippen molar-refractivity contribution in [1.29, 1.82) is 0 Å². The summed E-state index contributed by atoms with van der Waals surface area (Å²) in [6, 6.07) is 8.29. The summed E-state index contributed by atoms with van der Waals surface area (Å²) in [5.74, 6) is -0.407. The number of likely N-dealkylation sites (tertiary alicyclic amines) is 2. The molecule has 0 atom stereocenters. The molecule has 0 radical (unpaired) electrons. The minimum Gasteiger partial charge on any atom is -0.493 e. The summed E-state index contributed by atoms with van der Waals surface area (Å²) in [5, 5.41) is 13.9. The Morgan fingerprint density at radius 2 is 1.90 bits per heavy atom. The number of aliphatic carboxylic acids is 1. The second-order valence-electron chi connectivity index (χ2n) is 11.9. The molecule has 9 heteroatoms. The van der Waals surface area contributed by atoms with E-state index in [4.69, 9.17) is 9.57 Å². The molecule has 4 aliphatic rings. The molecule has 1 aliphatic carbocycles. The van der Waals surface area contributed by atoms with Gasteiger partial charge in [0.1, 0.15) is 11.6 Å². The molecule has 7 nitrogen and oxygen atoms in total. The third-order valence-corrected chi connectivity index (χ3v) is 8.72. The summed E-state index contributed by atoms with van der Waals surface area (Å²) in [6.45, 7) is 7.84. The molecule has 2 aromatic rings. The molecular formula is C30H35F2N3O4. The minimum absolute atomic E-state index is 0.323. The number of oxime groups is 1. The number of hydrogen-bond donors (Lipinski definition) is 1. The van der Waals surface area contributed by atoms with Gasteiger partial charge in [0.15, 0.2) is 17.2 Å². The Kier molecular flexibility index (Phi) is 6.52. The standard InChI is InChI=1S/C30H35F2N3O4/c1-3-38-25-13-19(12-22(20-4-5-20)27(25)21-6-7-23(31)24(32)14-21)16-34-17-30(18-34)15-26(33-39-30)35-10-8-29(2,9-11-35)28(36)37/h6-7,12-14,20H,3-5,8-11,15-18H2,1-2H3,(H,36,37). The predicted molar refractivity (Wildman–Crippen MR) is 143 cm³/mol. The molecule has 6 rings (SSSR count). The van der Waals surface area contributed by atoms with Crippen molar-refractivity contribution in [2.24, 2.45) is 10.6 Å². The van der Waals surface area contributed by atoms with Gasteiger partial charge in [0.25, 0.3) is 0 Å². The number of carboxylic acids is 1. The molecule has 208 valence electrons. The van der Waals surface area contributed by atoms with Gasteiger partial charge in [0.2, 0.25) is 0 Å². The maximum atomic E-state index is 14.1. The molecule has 0 aromatic heterocycles. The van der Waals surface area contributed by atoms with Crippen LogP contribution in [0.2, 0.25) is 0 Å². The van der Waals surface area contributed by atoms with Crippen molar-refractivity contribution < 1.29 is 28.3 Å². The normalized spacial score (nSPS) is 21.8. The Morgan fingerprint density at radius 3 is 2.54 bits per heavy atom. The van der Waals surface area contributed by atoms with Crippen LogP contribution in [0.15, 0.2) is 35.5 Å². The van der Waals surface area contributed by atoms with Gasteiger partial charge in [-0.3, -0.25) is 9.69 Å². The lowest BCUT2D eigenvalue weighted by atomic mass is 9.80. The van der Waals surface area contributed by atoms with Crippen molar-refractivity contribution in [2.45, 2.75) is 64.0 Å². The zero-order chi connectivity index (χ0) is 27.4. The number of carbonyl (C=O) groups is 1. The van der Waals surface area contributed by atoms with Crippen LogP contribution in [0.25, 0.3) is 11.1 Å². The summed E-state index contributed by atoms with van der Waals surface area (Å²) >= 11 is 0. The number of nitrogens with zero attached hydrogens (tertiary/aromatic N) is 3. The third kappa shape index (κ3) is 4.97. The van der Waals surface area contributed by atoms with E-state index in [0.29, 0.717) is 49.8 Å². The monoisotopic (exact) mass is 539 g/mol. The lowest BCUT2D eigenvalue weighted by molar-refractivity contribution is -0.150. The number of rotatable bonds is 7. The van der Waals surface area contributed by atoms with E-state index >= 15 is 0 Å². The molecule has 39 heavy (non-hydrogen) atoms. The summed E-state index contributed by atoms with van der Waals surface area (Å²) in [6.07, 6.45) is 4.10. The second-order valence-corrected chi connectivity index (χ2v) is 11.9. The van der Waals surface area contributed by atoms with E-state index in [-0.39, 0.29) is 5.60 Å². The summed E-state index contributed by atoms with van der Waals surface area (Å²) in [4.78, 5) is 22.0. The molecule has 0 amide bonds. The molecule has 2 saturated heterocycles. The number of amidine groups is 1. The maximum absolute atomic E-state index is 14.1. The number of carboxylic acid groups (broad SMARTS) is 1. The highest BCUT2D eigenvalue weighted by molar-refractivity contribution is 5.85. The molecule has 2 aromatic carbocycles. The fraction of sp³-hybridized carbons (Fsp3) is 0.533. The highest BCUT2D eigenvalue weighted by Crippen LogP contribution is 2.49. The van der Waals surface area contributed by atoms with Gasteiger partial charge in [-0.2, -0.15) is 0 Å². The van der Waals surface area contributed by atoms with Gasteiger partial charge in [-0.05, 0) is 80.3 Å². The van der Waals surface area contributed by atoms with Crippen LogP contribution in [-0.2, 0) is 16.2 Å². The fourth-order valence-corrected chi connectivity index (χ4v) is 6.19. The van der Waals surface area contributed by atoms with Crippen molar-refractivity contribution in [3.8, 4) is 16.9 Å². The number of hydrogen-bond acceptors (Lipinski definition) is 6. The van der Waals surface area contributed by atoms with E-state index in [1.807, 2.05) is 19.9 Å². The van der Waals surface area contributed by atoms with E-state index in [0.717, 1.165) is 61.4 Å². The lowest BCUT2D eigenvalue weighted by Gasteiger charge is -2.45. The Labute approximate surface area is 227 Å². The first kappa shape index (κ1) is 26.0. The fourth-order valence-electron chi connectivity index (χ4n) is 6.19. The molecule has 3 aliphatic heterocycles. The smallest absolute Gasteiger partial charge is 0.309 e. The molecule has 3 fully saturated rings. The quantitative estimate of drug-likeness (QED) is 0.509. The first-order valence-corrected chi connectivity index (χ1v) is 13.9. The van der Waals surface area contributed by atoms with E-state index in [2.05, 4.69) is 21.0 Å². The molecule has 1 saturated carbocycles. The van der Waals surface area contributed by atoms with Crippen LogP contribution in [0.4, 0.5) is 8.78 Å². The maximum Gasteiger partial charge on any atom is 0.309 e. The SMILES string of the molecule is CCOc1cc(CN2CC3(CC(N4CCC(C)(C(=O)O)CC4)=NO3)C2)cc(C2CC2)c1-c1ccc(F)c(F)c1. The highest BCUT2D eigenvalue weighted by Gasteiger charge is 2.51. The summed E-state index contributed by atoms with van der Waals surface area (Å²) in [5.41, 5.74) is 2.78. The van der Waals surface area contributed by atoms with Crippen LogP contribution >= 0.6 is 0 Å². The van der Waals surface area contributed by atoms with Gasteiger partial charge in [-0.15, -0.1) is 0 Å². The number of piperidine rings is 1. The lowest BCUT2D eigenvalue weighted by Crippen LogP contribution is -2.61. The average Bonchev–Trinajstić information content (AvgIpc) is 3.64. The van der Waals surface area contributed by atoms with Crippen LogP contribution in [0.5, 0.6) is 5.75 Å². The van der Waals surface area contributed by atoms with Crippen LogP contribution < -0.4 is 4.74 Å². The molecular weight excluding hydrogens is 504 g/mol. The van der Waals surface area contributed by atoms with E-state index in [1.54, 1.807) is 6.07 Å². The largest absolute Gasteiger partial charge is 0.493 e. The average molecular weight is 540 g/mol. The minimum atomic E-state index is -0.856. The Morgan fingerprint density at radius 1 is 1.15 bits per heavy atom. The van der Waals surface area contributed by atoms with Crippen molar-refractivity contribution in [2.75, 3.05) is 32.8 Å². The zero-order valence-electron chi connectivity index (χ0n) is 22.5. The first-order chi connectivity index (χ1) is 18.7. The number of ether oxygens (including phenoxy) is 1. The van der Waals surface area contributed by atoms with Gasteiger partial charge < -0.3 is 19.6 Å². The van der Waals surface area contributed by atoms with E-state index in [9.17, 15) is 18.7 Å². The van der Waals surface area contributed by atoms with E-state index < -0.39 is 23.0 Å². The zero-order valence-corrected chi connectivity index (χ0v) is 22.5. The Bertz CT molecular complexity index is 1310. The van der Waals surface area contributed by atoms with Crippen LogP contribution in [-0.4, -0.2) is 65.1 Å². The topological polar surface area (TPSA) is 74.6 Å². The van der Waals surface area contributed by atoms with Gasteiger partial charge in [0, 0.05) is 38.3 Å². The molecule has 0 unspecified atom stereocenters. The first-order valence-electron chi connectivity index (χ1n) is 13.9. The second kappa shape index (κ2) is 9.77. The van der Waals surface area contributed by atoms with Crippen molar-refractivity contribution in [3.63, 3.8) is 0 Å². The van der Waals surface area contributed by atoms with E-state index in [1.165, 1.54) is 12.1 Å². The molecule has 1 spiro atoms. The Balaban J connectivity index is 1.13. The van der Waals surface area contributed by atoms with Crippen LogP contribution in [0.1, 0.15) is 63.0 Å². The van der Waals surface area contributed by atoms with Crippen molar-refractivity contribution in [1.82, 2.24) is 9.80 Å². The van der Waals surface area contributed by atoms with Crippen molar-refractivity contribution >= 4 is 11.8 Å². The predicted octanol–water partition coefficient (Wildman–Crippen LogP) is 5.38. The highest BCUT2D eigenvalue weighted by atomic mass is 19.2. The Hall–Kier alpha value is -3.20. The number of halogens is 2. The van der Waals surface area contributed by atoms with Gasteiger partial charge in [-0.1, -0.05) is 17.3 Å². The molecule has 0 bridgehead atoms. The molecule has 1 N–H and O–H groups in total. The number of benzene rings is 2. The van der Waals surface area contributed by atoms with Crippen molar-refractivity contribution in [3.05, 3.63) is 53.1 Å². The van der Waals surface area contributed by atoms with Crippen LogP contribution in [0.3, 0.4) is 0 Å². The molecule has 3 heterocycles. The third-order valence-electron chi connectivity index (χ3n) is 8.72. The van der Waals surface area contributed by atoms with Gasteiger partial charge in [-0.25, -0.2) is 8.78 Å². The summed E-state index contributed by atoms with van der Waals surface area (Å²) < 4.78 is 33.8. The summed E-state index contributed by atoms with van der Waals surface area (Å²) in [7, 11) is 0.